The molecule has 0 fully saturated rings. The number of hydrogen-bond donors (Lipinski definition) is 0. The lowest BCUT2D eigenvalue weighted by Crippen LogP contribution is -2.02. The van der Waals surface area contributed by atoms with Crippen LogP contribution >= 0.6 is 0 Å². The average molecular weight is 318 g/mol. The van der Waals surface area contributed by atoms with Crippen molar-refractivity contribution in [3.8, 4) is 22.5 Å². The lowest BCUT2D eigenvalue weighted by molar-refractivity contribution is 0.732. The molecule has 2 heteroatoms. The second kappa shape index (κ2) is 6.64. The van der Waals surface area contributed by atoms with E-state index in [1.54, 1.807) is 0 Å². The second-order valence-corrected chi connectivity index (χ2v) is 6.74. The molecule has 3 aromatic rings. The van der Waals surface area contributed by atoms with Crippen molar-refractivity contribution in [2.75, 3.05) is 0 Å². The Morgan fingerprint density at radius 2 is 1.75 bits per heavy atom. The number of aromatic nitrogens is 2. The fourth-order valence-corrected chi connectivity index (χ4v) is 3.34. The molecule has 24 heavy (non-hydrogen) atoms. The van der Waals surface area contributed by atoms with Gasteiger partial charge in [-0.3, -0.25) is 0 Å². The third-order valence-corrected chi connectivity index (χ3v) is 5.04. The minimum atomic E-state index is 0.515. The van der Waals surface area contributed by atoms with E-state index in [0.29, 0.717) is 5.92 Å². The van der Waals surface area contributed by atoms with E-state index in [2.05, 4.69) is 80.7 Å². The van der Waals surface area contributed by atoms with Gasteiger partial charge in [-0.15, -0.1) is 0 Å². The Morgan fingerprint density at radius 1 is 1.00 bits per heavy atom. The summed E-state index contributed by atoms with van der Waals surface area (Å²) in [6.45, 7) is 8.94. The number of rotatable bonds is 4. The van der Waals surface area contributed by atoms with Crippen molar-refractivity contribution in [1.82, 2.24) is 9.55 Å². The highest BCUT2D eigenvalue weighted by Gasteiger charge is 2.17. The van der Waals surface area contributed by atoms with Crippen LogP contribution in [-0.4, -0.2) is 9.55 Å². The molecule has 0 bridgehead atoms. The van der Waals surface area contributed by atoms with Gasteiger partial charge in [0.05, 0.1) is 0 Å². The molecule has 2 aromatic carbocycles. The molecule has 0 saturated heterocycles. The molecule has 0 radical (unpaired) electrons. The summed E-state index contributed by atoms with van der Waals surface area (Å²) < 4.78 is 2.11. The Hall–Kier alpha value is -2.35. The van der Waals surface area contributed by atoms with Crippen molar-refractivity contribution >= 4 is 0 Å². The number of hydrogen-bond acceptors (Lipinski definition) is 1. The highest BCUT2D eigenvalue weighted by Crippen LogP contribution is 2.37. The van der Waals surface area contributed by atoms with Crippen LogP contribution in [0.3, 0.4) is 0 Å². The smallest absolute Gasteiger partial charge is 0.139 e. The van der Waals surface area contributed by atoms with Gasteiger partial charge >= 0.3 is 0 Å². The Bertz CT molecular complexity index is 858. The third kappa shape index (κ3) is 2.89. The van der Waals surface area contributed by atoms with E-state index in [1.807, 2.05) is 12.4 Å². The van der Waals surface area contributed by atoms with Gasteiger partial charge in [0.25, 0.3) is 0 Å². The third-order valence-electron chi connectivity index (χ3n) is 5.04. The number of imidazole rings is 1. The minimum absolute atomic E-state index is 0.515. The summed E-state index contributed by atoms with van der Waals surface area (Å²) in [5.74, 6) is 1.56. The first-order valence-electron chi connectivity index (χ1n) is 8.71. The molecule has 3 rings (SSSR count). The van der Waals surface area contributed by atoms with Gasteiger partial charge in [0.15, 0.2) is 0 Å². The van der Waals surface area contributed by atoms with Gasteiger partial charge in [-0.1, -0.05) is 44.2 Å². The summed E-state index contributed by atoms with van der Waals surface area (Å²) in [7, 11) is 2.07. The van der Waals surface area contributed by atoms with Crippen molar-refractivity contribution in [2.24, 2.45) is 7.05 Å². The van der Waals surface area contributed by atoms with Crippen LogP contribution in [0.15, 0.2) is 48.8 Å². The van der Waals surface area contributed by atoms with E-state index in [-0.39, 0.29) is 0 Å². The first-order chi connectivity index (χ1) is 11.5. The molecule has 1 aromatic heterocycles. The highest BCUT2D eigenvalue weighted by atomic mass is 15.0. The van der Waals surface area contributed by atoms with Crippen molar-refractivity contribution in [1.29, 1.82) is 0 Å². The summed E-state index contributed by atoms with van der Waals surface area (Å²) in [5.41, 5.74) is 7.89. The molecular weight excluding hydrogens is 292 g/mol. The van der Waals surface area contributed by atoms with Crippen LogP contribution in [0.25, 0.3) is 22.5 Å². The zero-order valence-electron chi connectivity index (χ0n) is 15.3. The first kappa shape index (κ1) is 16.5. The highest BCUT2D eigenvalue weighted by molar-refractivity contribution is 5.77. The van der Waals surface area contributed by atoms with Gasteiger partial charge in [-0.05, 0) is 60.1 Å². The van der Waals surface area contributed by atoms with Crippen LogP contribution in [0.2, 0.25) is 0 Å². The van der Waals surface area contributed by atoms with Crippen LogP contribution in [-0.2, 0) is 7.05 Å². The topological polar surface area (TPSA) is 17.8 Å². The Morgan fingerprint density at radius 3 is 2.38 bits per heavy atom. The van der Waals surface area contributed by atoms with Gasteiger partial charge in [0.2, 0.25) is 0 Å². The molecular formula is C22H26N2. The fourth-order valence-electron chi connectivity index (χ4n) is 3.34. The van der Waals surface area contributed by atoms with Crippen LogP contribution in [0, 0.1) is 13.8 Å². The standard InChI is InChI=1S/C22H26N2/c1-6-15(2)19-13-17(4)20(18-10-8-7-9-16(18)3)14-21(19)22-23-11-12-24(22)5/h7-15H,6H2,1-5H3. The Kier molecular flexibility index (Phi) is 4.57. The largest absolute Gasteiger partial charge is 0.334 e. The molecule has 0 aliphatic carbocycles. The van der Waals surface area contributed by atoms with E-state index in [1.165, 1.54) is 33.4 Å². The maximum absolute atomic E-state index is 4.61. The molecule has 0 N–H and O–H groups in total. The number of aryl methyl sites for hydroxylation is 3. The minimum Gasteiger partial charge on any atom is -0.334 e. The van der Waals surface area contributed by atoms with E-state index in [4.69, 9.17) is 0 Å². The number of nitrogens with zero attached hydrogens (tertiary/aromatic N) is 2. The maximum Gasteiger partial charge on any atom is 0.139 e. The molecule has 0 aliphatic heterocycles. The van der Waals surface area contributed by atoms with E-state index in [9.17, 15) is 0 Å². The quantitative estimate of drug-likeness (QED) is 0.587. The zero-order chi connectivity index (χ0) is 17.3. The summed E-state index contributed by atoms with van der Waals surface area (Å²) >= 11 is 0. The summed E-state index contributed by atoms with van der Waals surface area (Å²) in [6.07, 6.45) is 5.02. The Balaban J connectivity index is 2.27. The molecule has 1 unspecified atom stereocenters. The van der Waals surface area contributed by atoms with Crippen LogP contribution < -0.4 is 0 Å². The van der Waals surface area contributed by atoms with E-state index < -0.39 is 0 Å². The van der Waals surface area contributed by atoms with Gasteiger partial charge in [0.1, 0.15) is 5.82 Å². The molecule has 0 aliphatic rings. The van der Waals surface area contributed by atoms with Gasteiger partial charge in [-0.25, -0.2) is 4.98 Å². The molecule has 0 saturated carbocycles. The van der Waals surface area contributed by atoms with E-state index >= 15 is 0 Å². The first-order valence-corrected chi connectivity index (χ1v) is 8.71. The van der Waals surface area contributed by atoms with Crippen molar-refractivity contribution in [3.63, 3.8) is 0 Å². The predicted octanol–water partition coefficient (Wildman–Crippen LogP) is 5.88. The molecule has 1 heterocycles. The van der Waals surface area contributed by atoms with Crippen LogP contribution in [0.1, 0.15) is 42.9 Å². The summed E-state index contributed by atoms with van der Waals surface area (Å²) in [4.78, 5) is 4.61. The molecule has 1 atom stereocenters. The molecule has 0 spiro atoms. The van der Waals surface area contributed by atoms with Gasteiger partial charge < -0.3 is 4.57 Å². The number of benzene rings is 2. The van der Waals surface area contributed by atoms with Crippen LogP contribution in [0.5, 0.6) is 0 Å². The molecule has 124 valence electrons. The summed E-state index contributed by atoms with van der Waals surface area (Å²) in [6, 6.07) is 13.3. The lowest BCUT2D eigenvalue weighted by atomic mass is 9.87. The average Bonchev–Trinajstić information content (AvgIpc) is 3.00. The van der Waals surface area contributed by atoms with Crippen LogP contribution in [0.4, 0.5) is 0 Å². The lowest BCUT2D eigenvalue weighted by Gasteiger charge is -2.19. The SMILES string of the molecule is CCC(C)c1cc(C)c(-c2ccccc2C)cc1-c1nccn1C. The second-order valence-electron chi connectivity index (χ2n) is 6.74. The van der Waals surface area contributed by atoms with Crippen molar-refractivity contribution in [3.05, 3.63) is 65.5 Å². The van der Waals surface area contributed by atoms with Crippen molar-refractivity contribution in [2.45, 2.75) is 40.0 Å². The maximum atomic E-state index is 4.61. The predicted molar refractivity (Wildman–Crippen MR) is 102 cm³/mol. The fraction of sp³-hybridized carbons (Fsp3) is 0.318. The van der Waals surface area contributed by atoms with Gasteiger partial charge in [-0.2, -0.15) is 0 Å². The summed E-state index contributed by atoms with van der Waals surface area (Å²) in [5, 5.41) is 0. The molecule has 2 nitrogen and oxygen atoms in total. The zero-order valence-corrected chi connectivity index (χ0v) is 15.3. The van der Waals surface area contributed by atoms with Gasteiger partial charge in [0, 0.05) is 25.0 Å². The Labute approximate surface area is 145 Å². The molecule has 0 amide bonds. The van der Waals surface area contributed by atoms with Crippen molar-refractivity contribution < 1.29 is 0 Å². The van der Waals surface area contributed by atoms with E-state index in [0.717, 1.165) is 12.2 Å². The normalized spacial score (nSPS) is 12.4. The monoisotopic (exact) mass is 318 g/mol.